The van der Waals surface area contributed by atoms with Gasteiger partial charge in [-0.05, 0) is 24.6 Å². The Labute approximate surface area is 167 Å². The van der Waals surface area contributed by atoms with E-state index in [1.165, 1.54) is 11.3 Å². The van der Waals surface area contributed by atoms with Gasteiger partial charge in [0.05, 0.1) is 11.4 Å². The molecule has 1 aliphatic heterocycles. The Morgan fingerprint density at radius 2 is 2.30 bits per heavy atom. The highest BCUT2D eigenvalue weighted by Gasteiger charge is 2.37. The molecular formula is C17H17BrN6O2S. The lowest BCUT2D eigenvalue weighted by atomic mass is 10.1. The normalized spacial score (nSPS) is 17.0. The molecule has 0 aliphatic carbocycles. The number of benzene rings is 1. The summed E-state index contributed by atoms with van der Waals surface area (Å²) in [5, 5.41) is 20.3. The number of nitrogens with one attached hydrogen (secondary N) is 2. The van der Waals surface area contributed by atoms with Crippen molar-refractivity contribution < 1.29 is 9.59 Å². The summed E-state index contributed by atoms with van der Waals surface area (Å²) in [4.78, 5) is 26.6. The van der Waals surface area contributed by atoms with E-state index in [9.17, 15) is 9.59 Å². The Morgan fingerprint density at radius 3 is 3.11 bits per heavy atom. The molecule has 1 aromatic carbocycles. The Kier molecular flexibility index (Phi) is 4.92. The molecule has 1 atom stereocenters. The van der Waals surface area contributed by atoms with Crippen molar-refractivity contribution in [3.8, 4) is 0 Å². The van der Waals surface area contributed by atoms with Crippen LogP contribution in [-0.2, 0) is 16.0 Å². The second kappa shape index (κ2) is 7.35. The van der Waals surface area contributed by atoms with E-state index in [2.05, 4.69) is 48.6 Å². The second-order valence-electron chi connectivity index (χ2n) is 6.38. The van der Waals surface area contributed by atoms with E-state index in [0.29, 0.717) is 17.5 Å². The lowest BCUT2D eigenvalue weighted by Crippen LogP contribution is -2.28. The van der Waals surface area contributed by atoms with Crippen molar-refractivity contribution in [2.24, 2.45) is 5.92 Å². The summed E-state index contributed by atoms with van der Waals surface area (Å²) < 4.78 is 0.926. The van der Waals surface area contributed by atoms with E-state index in [4.69, 9.17) is 0 Å². The van der Waals surface area contributed by atoms with E-state index in [-0.39, 0.29) is 18.2 Å². The van der Waals surface area contributed by atoms with Crippen LogP contribution in [0.25, 0.3) is 10.9 Å². The van der Waals surface area contributed by atoms with Crippen molar-refractivity contribution in [1.82, 2.24) is 20.4 Å². The van der Waals surface area contributed by atoms with Gasteiger partial charge in [-0.25, -0.2) is 0 Å². The monoisotopic (exact) mass is 448 g/mol. The number of aromatic nitrogens is 4. The highest BCUT2D eigenvalue weighted by molar-refractivity contribution is 9.10. The molecule has 10 heteroatoms. The fourth-order valence-corrected chi connectivity index (χ4v) is 4.30. The van der Waals surface area contributed by atoms with Crippen molar-refractivity contribution in [2.75, 3.05) is 16.8 Å². The number of carbonyl (C=O) groups is 2. The molecule has 27 heavy (non-hydrogen) atoms. The van der Waals surface area contributed by atoms with Crippen LogP contribution in [0.2, 0.25) is 0 Å². The van der Waals surface area contributed by atoms with E-state index in [1.807, 2.05) is 18.2 Å². The first kappa shape index (κ1) is 18.1. The summed E-state index contributed by atoms with van der Waals surface area (Å²) in [5.41, 5.74) is 0.831. The maximum Gasteiger partial charge on any atom is 0.231 e. The number of H-pyrrole nitrogens is 1. The third-order valence-electron chi connectivity index (χ3n) is 4.42. The van der Waals surface area contributed by atoms with E-state index in [1.54, 1.807) is 4.90 Å². The van der Waals surface area contributed by atoms with Gasteiger partial charge in [0.15, 0.2) is 5.82 Å². The summed E-state index contributed by atoms with van der Waals surface area (Å²) in [6, 6.07) is 5.70. The zero-order valence-corrected chi connectivity index (χ0v) is 16.9. The summed E-state index contributed by atoms with van der Waals surface area (Å²) in [7, 11) is 0. The number of aryl methyl sites for hydroxylation is 1. The van der Waals surface area contributed by atoms with Gasteiger partial charge in [-0.1, -0.05) is 34.2 Å². The van der Waals surface area contributed by atoms with Gasteiger partial charge in [-0.15, -0.1) is 10.2 Å². The number of carbonyl (C=O) groups excluding carboxylic acids is 2. The summed E-state index contributed by atoms with van der Waals surface area (Å²) >= 11 is 4.79. The molecule has 2 amide bonds. The molecule has 1 unspecified atom stereocenters. The highest BCUT2D eigenvalue weighted by atomic mass is 79.9. The molecule has 0 radical (unpaired) electrons. The fraction of sp³-hybridized carbons (Fsp3) is 0.353. The summed E-state index contributed by atoms with van der Waals surface area (Å²) in [5.74, 6) is -0.222. The smallest absolute Gasteiger partial charge is 0.231 e. The largest absolute Gasteiger partial charge is 0.300 e. The first-order valence-corrected chi connectivity index (χ1v) is 10.2. The first-order valence-electron chi connectivity index (χ1n) is 8.62. The standard InChI is InChI=1S/C17H17BrN6O2S/c1-2-3-13-21-23-17(27-13)19-16(26)9-6-14(25)24(8-9)15-11-5-4-10(18)7-12(11)20-22-15/h4-5,7,9H,2-3,6,8H2,1H3,(H,20,22)(H,19,23,26). The highest BCUT2D eigenvalue weighted by Crippen LogP contribution is 2.31. The lowest BCUT2D eigenvalue weighted by molar-refractivity contribution is -0.122. The molecule has 2 N–H and O–H groups in total. The third kappa shape index (κ3) is 3.59. The SMILES string of the molecule is CCCc1nnc(NC(=O)C2CC(=O)N(c3n[nH]c4cc(Br)ccc34)C2)s1. The van der Waals surface area contributed by atoms with Crippen LogP contribution in [0.4, 0.5) is 10.9 Å². The van der Waals surface area contributed by atoms with Crippen LogP contribution in [0.5, 0.6) is 0 Å². The molecule has 140 valence electrons. The Balaban J connectivity index is 1.48. The van der Waals surface area contributed by atoms with Gasteiger partial charge >= 0.3 is 0 Å². The maximum atomic E-state index is 12.6. The predicted octanol–water partition coefficient (Wildman–Crippen LogP) is 3.12. The molecule has 4 rings (SSSR count). The third-order valence-corrected chi connectivity index (χ3v) is 5.81. The van der Waals surface area contributed by atoms with Crippen molar-refractivity contribution in [3.63, 3.8) is 0 Å². The molecule has 0 bridgehead atoms. The van der Waals surface area contributed by atoms with Crippen molar-refractivity contribution in [2.45, 2.75) is 26.2 Å². The molecular weight excluding hydrogens is 432 g/mol. The van der Waals surface area contributed by atoms with Crippen LogP contribution in [0.3, 0.4) is 0 Å². The molecule has 1 aliphatic rings. The maximum absolute atomic E-state index is 12.6. The molecule has 0 saturated carbocycles. The quantitative estimate of drug-likeness (QED) is 0.623. The number of nitrogens with zero attached hydrogens (tertiary/aromatic N) is 4. The van der Waals surface area contributed by atoms with Gasteiger partial charge < -0.3 is 5.32 Å². The average Bonchev–Trinajstić information content (AvgIpc) is 3.33. The Morgan fingerprint density at radius 1 is 1.44 bits per heavy atom. The molecule has 0 spiro atoms. The van der Waals surface area contributed by atoms with E-state index < -0.39 is 5.92 Å². The number of fused-ring (bicyclic) bond motifs is 1. The van der Waals surface area contributed by atoms with Crippen molar-refractivity contribution in [3.05, 3.63) is 27.7 Å². The number of hydrogen-bond acceptors (Lipinski definition) is 6. The molecule has 2 aromatic heterocycles. The number of halogens is 1. The molecule has 3 heterocycles. The van der Waals surface area contributed by atoms with Crippen LogP contribution in [-0.4, -0.2) is 38.8 Å². The van der Waals surface area contributed by atoms with Gasteiger partial charge in [-0.2, -0.15) is 5.10 Å². The second-order valence-corrected chi connectivity index (χ2v) is 8.36. The molecule has 1 fully saturated rings. The minimum atomic E-state index is -0.446. The average molecular weight is 449 g/mol. The zero-order chi connectivity index (χ0) is 19.0. The number of hydrogen-bond donors (Lipinski definition) is 2. The van der Waals surface area contributed by atoms with Gasteiger partial charge in [0.2, 0.25) is 16.9 Å². The molecule has 8 nitrogen and oxygen atoms in total. The molecule has 3 aromatic rings. The van der Waals surface area contributed by atoms with Crippen molar-refractivity contribution >= 4 is 60.9 Å². The lowest BCUT2D eigenvalue weighted by Gasteiger charge is -2.13. The Hall–Kier alpha value is -2.33. The zero-order valence-electron chi connectivity index (χ0n) is 14.5. The number of anilines is 2. The van der Waals surface area contributed by atoms with Crippen LogP contribution in [0, 0.1) is 5.92 Å². The number of aromatic amines is 1. The Bertz CT molecular complexity index is 1020. The van der Waals surface area contributed by atoms with Gasteiger partial charge in [0.1, 0.15) is 5.01 Å². The van der Waals surface area contributed by atoms with Crippen LogP contribution < -0.4 is 10.2 Å². The van der Waals surface area contributed by atoms with Gasteiger partial charge in [-0.3, -0.25) is 19.6 Å². The summed E-state index contributed by atoms with van der Waals surface area (Å²) in [6.07, 6.45) is 1.96. The predicted molar refractivity (Wildman–Crippen MR) is 107 cm³/mol. The molecule has 1 saturated heterocycles. The van der Waals surface area contributed by atoms with Crippen LogP contribution in [0.1, 0.15) is 24.8 Å². The van der Waals surface area contributed by atoms with Crippen molar-refractivity contribution in [1.29, 1.82) is 0 Å². The summed E-state index contributed by atoms with van der Waals surface area (Å²) in [6.45, 7) is 2.36. The van der Waals surface area contributed by atoms with Gasteiger partial charge in [0, 0.05) is 29.2 Å². The topological polar surface area (TPSA) is 104 Å². The van der Waals surface area contributed by atoms with Gasteiger partial charge in [0.25, 0.3) is 0 Å². The number of amides is 2. The minimum Gasteiger partial charge on any atom is -0.300 e. The van der Waals surface area contributed by atoms with E-state index in [0.717, 1.165) is 33.2 Å². The first-order chi connectivity index (χ1) is 13.0. The number of rotatable bonds is 5. The van der Waals surface area contributed by atoms with Crippen LogP contribution >= 0.6 is 27.3 Å². The van der Waals surface area contributed by atoms with E-state index >= 15 is 0 Å². The minimum absolute atomic E-state index is 0.115. The van der Waals surface area contributed by atoms with Crippen LogP contribution in [0.15, 0.2) is 22.7 Å². The fourth-order valence-electron chi connectivity index (χ4n) is 3.10.